The molecule has 0 aromatic carbocycles. The molecular weight excluding hydrogens is 220 g/mol. The van der Waals surface area contributed by atoms with Gasteiger partial charge in [0.25, 0.3) is 0 Å². The minimum Gasteiger partial charge on any atom is -0.481 e. The first-order chi connectivity index (χ1) is 7.90. The smallest absolute Gasteiger partial charge is 0.311 e. The molecule has 0 bridgehead atoms. The highest BCUT2D eigenvalue weighted by molar-refractivity contribution is 5.84. The molecule has 2 unspecified atom stereocenters. The van der Waals surface area contributed by atoms with Gasteiger partial charge in [-0.05, 0) is 19.8 Å². The molecule has 0 aliphatic carbocycles. The van der Waals surface area contributed by atoms with Crippen LogP contribution >= 0.6 is 0 Å². The van der Waals surface area contributed by atoms with E-state index in [0.29, 0.717) is 19.4 Å². The van der Waals surface area contributed by atoms with Gasteiger partial charge in [-0.15, -0.1) is 0 Å². The Labute approximate surface area is 102 Å². The van der Waals surface area contributed by atoms with E-state index >= 15 is 0 Å². The molecule has 1 heterocycles. The molecule has 17 heavy (non-hydrogen) atoms. The molecule has 5 heteroatoms. The van der Waals surface area contributed by atoms with Crippen LogP contribution in [0.25, 0.3) is 0 Å². The fourth-order valence-corrected chi connectivity index (χ4v) is 2.11. The number of unbranched alkanes of at least 4 members (excludes halogenated alkanes) is 1. The highest BCUT2D eigenvalue weighted by Gasteiger charge is 2.42. The number of aliphatic carboxylic acids is 1. The number of nitrogens with zero attached hydrogens (tertiary/aromatic N) is 1. The Hall–Kier alpha value is -1.10. The highest BCUT2D eigenvalue weighted by atomic mass is 16.4. The van der Waals surface area contributed by atoms with Gasteiger partial charge in [-0.2, -0.15) is 0 Å². The fraction of sp³-hybridized carbons (Fsp3) is 0.833. The van der Waals surface area contributed by atoms with E-state index in [1.165, 1.54) is 0 Å². The van der Waals surface area contributed by atoms with Gasteiger partial charge in [0.15, 0.2) is 0 Å². The Balaban J connectivity index is 2.53. The second-order valence-electron chi connectivity index (χ2n) is 5.12. The number of likely N-dealkylation sites (tertiary alicyclic amines) is 1. The molecule has 0 spiro atoms. The number of hydrogen-bond donors (Lipinski definition) is 2. The van der Waals surface area contributed by atoms with Crippen LogP contribution < -0.4 is 5.73 Å². The molecule has 1 saturated heterocycles. The number of nitrogens with two attached hydrogens (primary N) is 1. The molecule has 0 aromatic heterocycles. The van der Waals surface area contributed by atoms with E-state index in [1.54, 1.807) is 11.8 Å². The quantitative estimate of drug-likeness (QED) is 0.748. The maximum absolute atomic E-state index is 12.0. The number of carboxylic acids is 1. The standard InChI is InChI=1S/C12H22N2O3/c1-3-4-5-9(13)10(15)14-7-6-12(2,8-14)11(16)17/h9H,3-8,13H2,1-2H3,(H,16,17). The van der Waals surface area contributed by atoms with E-state index in [4.69, 9.17) is 10.8 Å². The van der Waals surface area contributed by atoms with Crippen LogP contribution in [-0.4, -0.2) is 41.0 Å². The van der Waals surface area contributed by atoms with Crippen LogP contribution in [0.15, 0.2) is 0 Å². The topological polar surface area (TPSA) is 83.6 Å². The molecule has 1 fully saturated rings. The zero-order chi connectivity index (χ0) is 13.1. The van der Waals surface area contributed by atoms with Crippen molar-refractivity contribution < 1.29 is 14.7 Å². The van der Waals surface area contributed by atoms with Crippen LogP contribution in [0.5, 0.6) is 0 Å². The van der Waals surface area contributed by atoms with Crippen molar-refractivity contribution in [3.05, 3.63) is 0 Å². The van der Waals surface area contributed by atoms with Gasteiger partial charge >= 0.3 is 5.97 Å². The zero-order valence-corrected chi connectivity index (χ0v) is 10.6. The van der Waals surface area contributed by atoms with E-state index in [9.17, 15) is 9.59 Å². The van der Waals surface area contributed by atoms with Crippen LogP contribution in [0.1, 0.15) is 39.5 Å². The first-order valence-electron chi connectivity index (χ1n) is 6.18. The first kappa shape index (κ1) is 14.0. The van der Waals surface area contributed by atoms with Crippen LogP contribution in [-0.2, 0) is 9.59 Å². The van der Waals surface area contributed by atoms with E-state index in [1.807, 2.05) is 0 Å². The third-order valence-corrected chi connectivity index (χ3v) is 3.49. The SMILES string of the molecule is CCCCC(N)C(=O)N1CCC(C)(C(=O)O)C1. The normalized spacial score (nSPS) is 25.9. The molecule has 1 aliphatic rings. The lowest BCUT2D eigenvalue weighted by atomic mass is 9.90. The van der Waals surface area contributed by atoms with Gasteiger partial charge in [-0.3, -0.25) is 9.59 Å². The van der Waals surface area contributed by atoms with Gasteiger partial charge in [-0.1, -0.05) is 19.8 Å². The molecule has 1 amide bonds. The summed E-state index contributed by atoms with van der Waals surface area (Å²) in [5.74, 6) is -0.946. The second-order valence-corrected chi connectivity index (χ2v) is 5.12. The van der Waals surface area contributed by atoms with E-state index in [0.717, 1.165) is 12.8 Å². The van der Waals surface area contributed by atoms with Crippen LogP contribution in [0.2, 0.25) is 0 Å². The molecule has 5 nitrogen and oxygen atoms in total. The van der Waals surface area contributed by atoms with E-state index in [-0.39, 0.29) is 12.5 Å². The summed E-state index contributed by atoms with van der Waals surface area (Å²) in [5, 5.41) is 9.08. The van der Waals surface area contributed by atoms with Crippen LogP contribution in [0, 0.1) is 5.41 Å². The maximum Gasteiger partial charge on any atom is 0.311 e. The molecule has 98 valence electrons. The summed E-state index contributed by atoms with van der Waals surface area (Å²) in [4.78, 5) is 24.6. The number of rotatable bonds is 5. The van der Waals surface area contributed by atoms with Crippen LogP contribution in [0.3, 0.4) is 0 Å². The van der Waals surface area contributed by atoms with Crippen molar-refractivity contribution in [3.63, 3.8) is 0 Å². The molecule has 0 saturated carbocycles. The predicted octanol–water partition coefficient (Wildman–Crippen LogP) is 0.827. The van der Waals surface area contributed by atoms with Crippen molar-refractivity contribution in [2.45, 2.75) is 45.6 Å². The van der Waals surface area contributed by atoms with Gasteiger partial charge < -0.3 is 15.7 Å². The number of carbonyl (C=O) groups excluding carboxylic acids is 1. The third kappa shape index (κ3) is 3.19. The fourth-order valence-electron chi connectivity index (χ4n) is 2.11. The summed E-state index contributed by atoms with van der Waals surface area (Å²) in [6, 6.07) is -0.480. The zero-order valence-electron chi connectivity index (χ0n) is 10.6. The number of carbonyl (C=O) groups is 2. The third-order valence-electron chi connectivity index (χ3n) is 3.49. The highest BCUT2D eigenvalue weighted by Crippen LogP contribution is 2.30. The van der Waals surface area contributed by atoms with Crippen molar-refractivity contribution >= 4 is 11.9 Å². The minimum atomic E-state index is -0.838. The Kier molecular flexibility index (Phi) is 4.51. The van der Waals surface area contributed by atoms with E-state index < -0.39 is 17.4 Å². The first-order valence-corrected chi connectivity index (χ1v) is 6.18. The van der Waals surface area contributed by atoms with Gasteiger partial charge in [0.2, 0.25) is 5.91 Å². The monoisotopic (exact) mass is 242 g/mol. The second kappa shape index (κ2) is 5.49. The minimum absolute atomic E-state index is 0.108. The molecular formula is C12H22N2O3. The van der Waals surface area contributed by atoms with Crippen LogP contribution in [0.4, 0.5) is 0 Å². The summed E-state index contributed by atoms with van der Waals surface area (Å²) >= 11 is 0. The molecule has 1 aliphatic heterocycles. The number of hydrogen-bond acceptors (Lipinski definition) is 3. The Morgan fingerprint density at radius 1 is 1.53 bits per heavy atom. The molecule has 1 rings (SSSR count). The van der Waals surface area contributed by atoms with Gasteiger partial charge in [0.1, 0.15) is 0 Å². The lowest BCUT2D eigenvalue weighted by molar-refractivity contribution is -0.147. The summed E-state index contributed by atoms with van der Waals surface area (Å²) in [6.07, 6.45) is 3.12. The number of amides is 1. The summed E-state index contributed by atoms with van der Waals surface area (Å²) in [6.45, 7) is 4.51. The molecule has 3 N–H and O–H groups in total. The van der Waals surface area contributed by atoms with Gasteiger partial charge in [0.05, 0.1) is 11.5 Å². The largest absolute Gasteiger partial charge is 0.481 e. The lowest BCUT2D eigenvalue weighted by Crippen LogP contribution is -2.44. The molecule has 2 atom stereocenters. The average molecular weight is 242 g/mol. The summed E-state index contributed by atoms with van der Waals surface area (Å²) < 4.78 is 0. The van der Waals surface area contributed by atoms with Crippen molar-refractivity contribution in [1.82, 2.24) is 4.90 Å². The number of carboxylic acid groups (broad SMARTS) is 1. The average Bonchev–Trinajstić information content (AvgIpc) is 2.69. The predicted molar refractivity (Wildman–Crippen MR) is 64.4 cm³/mol. The van der Waals surface area contributed by atoms with Crippen molar-refractivity contribution in [2.24, 2.45) is 11.1 Å². The van der Waals surface area contributed by atoms with Gasteiger partial charge in [0, 0.05) is 13.1 Å². The Morgan fingerprint density at radius 2 is 2.18 bits per heavy atom. The molecule has 0 aromatic rings. The van der Waals surface area contributed by atoms with Crippen molar-refractivity contribution in [2.75, 3.05) is 13.1 Å². The Morgan fingerprint density at radius 3 is 2.65 bits per heavy atom. The maximum atomic E-state index is 12.0. The molecule has 0 radical (unpaired) electrons. The summed E-state index contributed by atoms with van der Waals surface area (Å²) in [7, 11) is 0. The Bertz CT molecular complexity index is 306. The van der Waals surface area contributed by atoms with Crippen molar-refractivity contribution in [3.8, 4) is 0 Å². The van der Waals surface area contributed by atoms with Crippen molar-refractivity contribution in [1.29, 1.82) is 0 Å². The summed E-state index contributed by atoms with van der Waals surface area (Å²) in [5.41, 5.74) is 5.00. The van der Waals surface area contributed by atoms with Gasteiger partial charge in [-0.25, -0.2) is 0 Å². The van der Waals surface area contributed by atoms with E-state index in [2.05, 4.69) is 6.92 Å². The lowest BCUT2D eigenvalue weighted by Gasteiger charge is -2.22.